The minimum Gasteiger partial charge on any atom is -0.354 e. The SMILES string of the molecule is N#CC1(C(=O)NCCc2cccc(F)c2)CCC1. The number of benzene rings is 1. The monoisotopic (exact) mass is 246 g/mol. The van der Waals surface area contributed by atoms with E-state index in [9.17, 15) is 9.18 Å². The molecule has 1 aromatic carbocycles. The lowest BCUT2D eigenvalue weighted by molar-refractivity contribution is -0.131. The summed E-state index contributed by atoms with van der Waals surface area (Å²) in [4.78, 5) is 11.8. The molecule has 18 heavy (non-hydrogen) atoms. The number of carbonyl (C=O) groups excluding carboxylic acids is 1. The molecule has 1 aromatic rings. The topological polar surface area (TPSA) is 52.9 Å². The highest BCUT2D eigenvalue weighted by Gasteiger charge is 2.44. The van der Waals surface area contributed by atoms with Crippen molar-refractivity contribution in [2.45, 2.75) is 25.7 Å². The van der Waals surface area contributed by atoms with Crippen LogP contribution in [-0.4, -0.2) is 12.5 Å². The molecule has 0 atom stereocenters. The predicted octanol–water partition coefficient (Wildman–Crippen LogP) is 2.18. The number of carbonyl (C=O) groups is 1. The molecule has 1 fully saturated rings. The molecule has 1 saturated carbocycles. The minimum absolute atomic E-state index is 0.187. The number of nitrogens with zero attached hydrogens (tertiary/aromatic N) is 1. The number of rotatable bonds is 4. The van der Waals surface area contributed by atoms with Crippen LogP contribution in [0.15, 0.2) is 24.3 Å². The molecule has 0 spiro atoms. The molecular weight excluding hydrogens is 231 g/mol. The molecule has 1 aliphatic rings. The molecule has 0 heterocycles. The van der Waals surface area contributed by atoms with Crippen LogP contribution in [0.5, 0.6) is 0 Å². The quantitative estimate of drug-likeness (QED) is 0.885. The Hall–Kier alpha value is -1.89. The van der Waals surface area contributed by atoms with Crippen molar-refractivity contribution in [2.24, 2.45) is 5.41 Å². The van der Waals surface area contributed by atoms with E-state index in [1.807, 2.05) is 6.07 Å². The van der Waals surface area contributed by atoms with E-state index in [2.05, 4.69) is 11.4 Å². The Morgan fingerprint density at radius 3 is 2.83 bits per heavy atom. The van der Waals surface area contributed by atoms with Gasteiger partial charge in [0.05, 0.1) is 6.07 Å². The number of amides is 1. The van der Waals surface area contributed by atoms with E-state index in [1.165, 1.54) is 12.1 Å². The molecule has 94 valence electrons. The molecule has 0 aliphatic heterocycles. The van der Waals surface area contributed by atoms with Crippen molar-refractivity contribution in [3.05, 3.63) is 35.6 Å². The van der Waals surface area contributed by atoms with Crippen molar-refractivity contribution in [3.63, 3.8) is 0 Å². The zero-order valence-electron chi connectivity index (χ0n) is 10.1. The van der Waals surface area contributed by atoms with Gasteiger partial charge in [-0.2, -0.15) is 5.26 Å². The van der Waals surface area contributed by atoms with Crippen LogP contribution in [0.25, 0.3) is 0 Å². The maximum Gasteiger partial charge on any atom is 0.240 e. The van der Waals surface area contributed by atoms with Gasteiger partial charge in [-0.25, -0.2) is 4.39 Å². The van der Waals surface area contributed by atoms with E-state index in [-0.39, 0.29) is 11.7 Å². The molecule has 1 N–H and O–H groups in total. The minimum atomic E-state index is -0.804. The Morgan fingerprint density at radius 2 is 2.28 bits per heavy atom. The van der Waals surface area contributed by atoms with Gasteiger partial charge < -0.3 is 5.32 Å². The van der Waals surface area contributed by atoms with Crippen LogP contribution in [0.3, 0.4) is 0 Å². The largest absolute Gasteiger partial charge is 0.354 e. The van der Waals surface area contributed by atoms with Gasteiger partial charge in [-0.05, 0) is 43.4 Å². The summed E-state index contributed by atoms with van der Waals surface area (Å²) >= 11 is 0. The van der Waals surface area contributed by atoms with Gasteiger partial charge in [0.2, 0.25) is 5.91 Å². The number of halogens is 1. The van der Waals surface area contributed by atoms with Crippen LogP contribution < -0.4 is 5.32 Å². The molecule has 3 nitrogen and oxygen atoms in total. The standard InChI is InChI=1S/C14H15FN2O/c15-12-4-1-3-11(9-12)5-8-17-13(18)14(10-16)6-2-7-14/h1,3-4,9H,2,5-8H2,(H,17,18). The van der Waals surface area contributed by atoms with E-state index < -0.39 is 5.41 Å². The Kier molecular flexibility index (Phi) is 3.61. The summed E-state index contributed by atoms with van der Waals surface area (Å²) in [5.41, 5.74) is 0.0389. The first kappa shape index (κ1) is 12.6. The van der Waals surface area contributed by atoms with E-state index >= 15 is 0 Å². The van der Waals surface area contributed by atoms with E-state index in [1.54, 1.807) is 6.07 Å². The highest BCUT2D eigenvalue weighted by atomic mass is 19.1. The van der Waals surface area contributed by atoms with Gasteiger partial charge in [0.25, 0.3) is 0 Å². The highest BCUT2D eigenvalue weighted by Crippen LogP contribution is 2.40. The van der Waals surface area contributed by atoms with Gasteiger partial charge in [-0.1, -0.05) is 12.1 Å². The second-order valence-electron chi connectivity index (χ2n) is 4.68. The van der Waals surface area contributed by atoms with Crippen LogP contribution in [0.4, 0.5) is 4.39 Å². The molecule has 0 saturated heterocycles. The molecule has 0 radical (unpaired) electrons. The first-order chi connectivity index (χ1) is 8.66. The van der Waals surface area contributed by atoms with Gasteiger partial charge in [-0.15, -0.1) is 0 Å². The highest BCUT2D eigenvalue weighted by molar-refractivity contribution is 5.86. The van der Waals surface area contributed by atoms with Crippen molar-refractivity contribution in [3.8, 4) is 6.07 Å². The van der Waals surface area contributed by atoms with Crippen LogP contribution >= 0.6 is 0 Å². The number of nitrogens with one attached hydrogen (secondary N) is 1. The summed E-state index contributed by atoms with van der Waals surface area (Å²) < 4.78 is 12.9. The molecule has 1 aliphatic carbocycles. The Labute approximate surface area is 106 Å². The van der Waals surface area contributed by atoms with Gasteiger partial charge in [-0.3, -0.25) is 4.79 Å². The van der Waals surface area contributed by atoms with Crippen molar-refractivity contribution >= 4 is 5.91 Å². The smallest absolute Gasteiger partial charge is 0.240 e. The number of hydrogen-bond donors (Lipinski definition) is 1. The Morgan fingerprint density at radius 1 is 1.50 bits per heavy atom. The van der Waals surface area contributed by atoms with Crippen LogP contribution in [0.1, 0.15) is 24.8 Å². The van der Waals surface area contributed by atoms with Gasteiger partial charge in [0, 0.05) is 6.54 Å². The average molecular weight is 246 g/mol. The fraction of sp³-hybridized carbons (Fsp3) is 0.429. The first-order valence-electron chi connectivity index (χ1n) is 6.10. The Bertz CT molecular complexity index is 489. The normalized spacial score (nSPS) is 16.4. The fourth-order valence-electron chi connectivity index (χ4n) is 2.10. The maximum absolute atomic E-state index is 12.9. The van der Waals surface area contributed by atoms with Crippen molar-refractivity contribution in [2.75, 3.05) is 6.54 Å². The lowest BCUT2D eigenvalue weighted by atomic mass is 9.69. The molecule has 0 bridgehead atoms. The third kappa shape index (κ3) is 2.51. The predicted molar refractivity (Wildman–Crippen MR) is 65.0 cm³/mol. The first-order valence-corrected chi connectivity index (χ1v) is 6.10. The summed E-state index contributed by atoms with van der Waals surface area (Å²) in [5, 5.41) is 11.8. The molecule has 0 aromatic heterocycles. The number of nitriles is 1. The van der Waals surface area contributed by atoms with Gasteiger partial charge in [0.15, 0.2) is 0 Å². The summed E-state index contributed by atoms with van der Waals surface area (Å²) in [7, 11) is 0. The molecule has 4 heteroatoms. The summed E-state index contributed by atoms with van der Waals surface area (Å²) in [6.07, 6.45) is 2.81. The van der Waals surface area contributed by atoms with E-state index in [4.69, 9.17) is 5.26 Å². The van der Waals surface area contributed by atoms with Crippen LogP contribution in [-0.2, 0) is 11.2 Å². The second-order valence-corrected chi connectivity index (χ2v) is 4.68. The fourth-order valence-corrected chi connectivity index (χ4v) is 2.10. The summed E-state index contributed by atoms with van der Waals surface area (Å²) in [6.45, 7) is 0.436. The Balaban J connectivity index is 1.82. The van der Waals surface area contributed by atoms with E-state index in [0.29, 0.717) is 25.8 Å². The van der Waals surface area contributed by atoms with Crippen molar-refractivity contribution in [1.82, 2.24) is 5.32 Å². The third-order valence-corrected chi connectivity index (χ3v) is 3.44. The lowest BCUT2D eigenvalue weighted by Crippen LogP contribution is -2.45. The van der Waals surface area contributed by atoms with Gasteiger partial charge >= 0.3 is 0 Å². The van der Waals surface area contributed by atoms with Crippen molar-refractivity contribution < 1.29 is 9.18 Å². The average Bonchev–Trinajstić information content (AvgIpc) is 2.28. The van der Waals surface area contributed by atoms with Crippen molar-refractivity contribution in [1.29, 1.82) is 5.26 Å². The lowest BCUT2D eigenvalue weighted by Gasteiger charge is -2.33. The summed E-state index contributed by atoms with van der Waals surface area (Å²) in [5.74, 6) is -0.459. The molecule has 0 unspecified atom stereocenters. The zero-order valence-corrected chi connectivity index (χ0v) is 10.1. The second kappa shape index (κ2) is 5.18. The molecule has 2 rings (SSSR count). The van der Waals surface area contributed by atoms with Crippen LogP contribution in [0.2, 0.25) is 0 Å². The summed E-state index contributed by atoms with van der Waals surface area (Å²) in [6, 6.07) is 8.41. The van der Waals surface area contributed by atoms with Gasteiger partial charge in [0.1, 0.15) is 11.2 Å². The maximum atomic E-state index is 12.9. The molecular formula is C14H15FN2O. The zero-order chi connectivity index (χ0) is 13.0. The van der Waals surface area contributed by atoms with Crippen LogP contribution in [0, 0.1) is 22.6 Å². The van der Waals surface area contributed by atoms with E-state index in [0.717, 1.165) is 12.0 Å². The molecule has 1 amide bonds. The number of hydrogen-bond acceptors (Lipinski definition) is 2. The third-order valence-electron chi connectivity index (χ3n) is 3.44.